The lowest BCUT2D eigenvalue weighted by Gasteiger charge is -2.37. The highest BCUT2D eigenvalue weighted by atomic mass is 32.2. The lowest BCUT2D eigenvalue weighted by Crippen LogP contribution is -2.36. The van der Waals surface area contributed by atoms with Gasteiger partial charge in [-0.2, -0.15) is 0 Å². The third-order valence-electron chi connectivity index (χ3n) is 5.75. The molecule has 2 rings (SSSR count). The van der Waals surface area contributed by atoms with E-state index in [9.17, 15) is 8.42 Å². The fourth-order valence-corrected chi connectivity index (χ4v) is 5.77. The van der Waals surface area contributed by atoms with Crippen LogP contribution >= 0.6 is 0 Å². The van der Waals surface area contributed by atoms with E-state index in [1.54, 1.807) is 0 Å². The maximum Gasteiger partial charge on any atom is 0.150 e. The molecule has 4 atom stereocenters. The van der Waals surface area contributed by atoms with Crippen LogP contribution in [0.3, 0.4) is 0 Å². The van der Waals surface area contributed by atoms with E-state index in [0.29, 0.717) is 5.92 Å². The van der Waals surface area contributed by atoms with Crippen molar-refractivity contribution in [1.29, 1.82) is 0 Å². The van der Waals surface area contributed by atoms with Crippen molar-refractivity contribution in [3.63, 3.8) is 0 Å². The first-order valence-electron chi connectivity index (χ1n) is 8.92. The number of rotatable bonds is 5. The average Bonchev–Trinajstić information content (AvgIpc) is 2.69. The molecule has 4 heteroatoms. The molecule has 0 aromatic rings. The van der Waals surface area contributed by atoms with Crippen molar-refractivity contribution in [2.45, 2.75) is 70.0 Å². The maximum absolute atomic E-state index is 11.9. The quantitative estimate of drug-likeness (QED) is 0.791. The lowest BCUT2D eigenvalue weighted by atomic mass is 9.72. The minimum atomic E-state index is -2.86. The highest BCUT2D eigenvalue weighted by Crippen LogP contribution is 2.41. The van der Waals surface area contributed by atoms with Gasteiger partial charge < -0.3 is 5.32 Å². The summed E-state index contributed by atoms with van der Waals surface area (Å²) in [5.74, 6) is 2.15. The SMILES string of the molecule is CCNCC1CCCCCC1C1CCCC(S(C)(=O)=O)C1. The van der Waals surface area contributed by atoms with E-state index in [1.807, 2.05) is 0 Å². The Labute approximate surface area is 131 Å². The Hall–Kier alpha value is -0.0900. The Morgan fingerprint density at radius 2 is 1.76 bits per heavy atom. The molecule has 3 nitrogen and oxygen atoms in total. The molecular weight excluding hydrogens is 282 g/mol. The number of hydrogen-bond donors (Lipinski definition) is 1. The van der Waals surface area contributed by atoms with Gasteiger partial charge >= 0.3 is 0 Å². The van der Waals surface area contributed by atoms with Crippen molar-refractivity contribution in [3.8, 4) is 0 Å². The van der Waals surface area contributed by atoms with Gasteiger partial charge in [0.2, 0.25) is 0 Å². The van der Waals surface area contributed by atoms with Gasteiger partial charge in [0, 0.05) is 6.26 Å². The molecule has 0 aromatic carbocycles. The summed E-state index contributed by atoms with van der Waals surface area (Å²) in [4.78, 5) is 0. The first-order valence-corrected chi connectivity index (χ1v) is 10.9. The summed E-state index contributed by atoms with van der Waals surface area (Å²) in [5.41, 5.74) is 0. The van der Waals surface area contributed by atoms with Crippen LogP contribution in [0.1, 0.15) is 64.7 Å². The fourth-order valence-electron chi connectivity index (χ4n) is 4.58. The van der Waals surface area contributed by atoms with E-state index in [0.717, 1.165) is 44.2 Å². The summed E-state index contributed by atoms with van der Waals surface area (Å²) < 4.78 is 23.8. The normalized spacial score (nSPS) is 35.3. The van der Waals surface area contributed by atoms with E-state index in [-0.39, 0.29) is 5.25 Å². The van der Waals surface area contributed by atoms with Crippen LogP contribution in [-0.4, -0.2) is 33.0 Å². The molecule has 0 spiro atoms. The van der Waals surface area contributed by atoms with Gasteiger partial charge in [0.25, 0.3) is 0 Å². The molecule has 124 valence electrons. The third kappa shape index (κ3) is 4.95. The van der Waals surface area contributed by atoms with E-state index >= 15 is 0 Å². The number of sulfone groups is 1. The highest BCUT2D eigenvalue weighted by Gasteiger charge is 2.36. The molecule has 0 radical (unpaired) electrons. The Morgan fingerprint density at radius 1 is 1.00 bits per heavy atom. The van der Waals surface area contributed by atoms with Crippen molar-refractivity contribution in [2.75, 3.05) is 19.3 Å². The van der Waals surface area contributed by atoms with Crippen LogP contribution in [0.15, 0.2) is 0 Å². The Balaban J connectivity index is 2.04. The second-order valence-electron chi connectivity index (χ2n) is 7.25. The van der Waals surface area contributed by atoms with Gasteiger partial charge in [0.15, 0.2) is 0 Å². The lowest BCUT2D eigenvalue weighted by molar-refractivity contribution is 0.165. The zero-order valence-electron chi connectivity index (χ0n) is 13.8. The molecule has 2 aliphatic rings. The summed E-state index contributed by atoms with van der Waals surface area (Å²) in [6.45, 7) is 4.34. The van der Waals surface area contributed by atoms with E-state index in [1.165, 1.54) is 44.8 Å². The van der Waals surface area contributed by atoms with Crippen LogP contribution in [-0.2, 0) is 9.84 Å². The Kier molecular flexibility index (Phi) is 6.54. The molecule has 4 unspecified atom stereocenters. The molecule has 0 amide bonds. The van der Waals surface area contributed by atoms with Crippen LogP contribution < -0.4 is 5.32 Å². The van der Waals surface area contributed by atoms with Crippen molar-refractivity contribution >= 4 is 9.84 Å². The predicted octanol–water partition coefficient (Wildman–Crippen LogP) is 3.40. The molecule has 2 saturated carbocycles. The van der Waals surface area contributed by atoms with Crippen molar-refractivity contribution < 1.29 is 8.42 Å². The largest absolute Gasteiger partial charge is 0.317 e. The Morgan fingerprint density at radius 3 is 2.48 bits per heavy atom. The maximum atomic E-state index is 11.9. The molecule has 0 heterocycles. The topological polar surface area (TPSA) is 46.2 Å². The zero-order valence-corrected chi connectivity index (χ0v) is 14.6. The van der Waals surface area contributed by atoms with Gasteiger partial charge in [0.05, 0.1) is 5.25 Å². The first-order chi connectivity index (χ1) is 10.0. The smallest absolute Gasteiger partial charge is 0.150 e. The summed E-state index contributed by atoms with van der Waals surface area (Å²) in [5, 5.41) is 3.47. The molecule has 2 fully saturated rings. The van der Waals surface area contributed by atoms with Crippen molar-refractivity contribution in [3.05, 3.63) is 0 Å². The van der Waals surface area contributed by atoms with E-state index in [4.69, 9.17) is 0 Å². The third-order valence-corrected chi connectivity index (χ3v) is 7.39. The minimum Gasteiger partial charge on any atom is -0.317 e. The molecule has 1 N–H and O–H groups in total. The van der Waals surface area contributed by atoms with Gasteiger partial charge in [-0.1, -0.05) is 39.0 Å². The van der Waals surface area contributed by atoms with Crippen LogP contribution in [0.25, 0.3) is 0 Å². The first kappa shape index (κ1) is 17.3. The van der Waals surface area contributed by atoms with E-state index < -0.39 is 9.84 Å². The fraction of sp³-hybridized carbons (Fsp3) is 1.00. The van der Waals surface area contributed by atoms with Crippen LogP contribution in [0, 0.1) is 17.8 Å². The van der Waals surface area contributed by atoms with Crippen LogP contribution in [0.4, 0.5) is 0 Å². The second kappa shape index (κ2) is 7.96. The molecule has 2 aliphatic carbocycles. The second-order valence-corrected chi connectivity index (χ2v) is 9.57. The molecular formula is C17H33NO2S. The van der Waals surface area contributed by atoms with Gasteiger partial charge in [-0.05, 0) is 56.5 Å². The zero-order chi connectivity index (χ0) is 15.3. The highest BCUT2D eigenvalue weighted by molar-refractivity contribution is 7.91. The summed E-state index contributed by atoms with van der Waals surface area (Å²) in [6, 6.07) is 0. The molecule has 0 aliphatic heterocycles. The summed E-state index contributed by atoms with van der Waals surface area (Å²) in [6.07, 6.45) is 12.3. The number of hydrogen-bond acceptors (Lipinski definition) is 3. The molecule has 21 heavy (non-hydrogen) atoms. The van der Waals surface area contributed by atoms with Crippen LogP contribution in [0.2, 0.25) is 0 Å². The number of nitrogens with one attached hydrogen (secondary N) is 1. The standard InChI is InChI=1S/C17H33NO2S/c1-3-18-13-15-8-5-4-6-11-17(15)14-9-7-10-16(12-14)21(2,19)20/h14-18H,3-13H2,1-2H3. The Bertz CT molecular complexity index is 407. The summed E-state index contributed by atoms with van der Waals surface area (Å²) >= 11 is 0. The van der Waals surface area contributed by atoms with Gasteiger partial charge in [-0.15, -0.1) is 0 Å². The van der Waals surface area contributed by atoms with E-state index in [2.05, 4.69) is 12.2 Å². The van der Waals surface area contributed by atoms with Gasteiger partial charge in [0.1, 0.15) is 9.84 Å². The predicted molar refractivity (Wildman–Crippen MR) is 89.2 cm³/mol. The van der Waals surface area contributed by atoms with Crippen LogP contribution in [0.5, 0.6) is 0 Å². The molecule has 0 aromatic heterocycles. The van der Waals surface area contributed by atoms with Crippen molar-refractivity contribution in [2.24, 2.45) is 17.8 Å². The minimum absolute atomic E-state index is 0.0701. The van der Waals surface area contributed by atoms with Gasteiger partial charge in [-0.3, -0.25) is 0 Å². The van der Waals surface area contributed by atoms with Crippen molar-refractivity contribution in [1.82, 2.24) is 5.32 Å². The summed E-state index contributed by atoms with van der Waals surface area (Å²) in [7, 11) is -2.86. The molecule has 0 saturated heterocycles. The molecule has 0 bridgehead atoms. The monoisotopic (exact) mass is 315 g/mol. The van der Waals surface area contributed by atoms with Gasteiger partial charge in [-0.25, -0.2) is 8.42 Å². The average molecular weight is 316 g/mol.